The summed E-state index contributed by atoms with van der Waals surface area (Å²) in [6.07, 6.45) is 5.85. The fraction of sp³-hybridized carbons (Fsp3) is 0.818. The lowest BCUT2D eigenvalue weighted by Gasteiger charge is -2.25. The van der Waals surface area contributed by atoms with E-state index in [1.54, 1.807) is 0 Å². The Hall–Kier alpha value is -0.860. The molecule has 1 atom stereocenters. The molecule has 0 spiro atoms. The monoisotopic (exact) mass is 198 g/mol. The molecule has 0 aromatic heterocycles. The second-order valence-electron chi connectivity index (χ2n) is 4.10. The Kier molecular flexibility index (Phi) is 4.11. The summed E-state index contributed by atoms with van der Waals surface area (Å²) in [4.78, 5) is 22.0. The first kappa shape index (κ1) is 11.2. The molecular formula is C11H18O3. The first-order valence-corrected chi connectivity index (χ1v) is 5.33. The quantitative estimate of drug-likeness (QED) is 0.505. The summed E-state index contributed by atoms with van der Waals surface area (Å²) >= 11 is 0. The number of esters is 2. The van der Waals surface area contributed by atoms with Gasteiger partial charge in [-0.3, -0.25) is 9.59 Å². The topological polar surface area (TPSA) is 43.4 Å². The molecule has 0 aliphatic heterocycles. The van der Waals surface area contributed by atoms with Crippen LogP contribution in [0.5, 0.6) is 0 Å². The second-order valence-corrected chi connectivity index (χ2v) is 4.10. The van der Waals surface area contributed by atoms with Crippen molar-refractivity contribution >= 4 is 11.9 Å². The van der Waals surface area contributed by atoms with E-state index in [2.05, 4.69) is 4.74 Å². The summed E-state index contributed by atoms with van der Waals surface area (Å²) < 4.78 is 4.59. The lowest BCUT2D eigenvalue weighted by Crippen LogP contribution is -2.26. The highest BCUT2D eigenvalue weighted by atomic mass is 16.6. The van der Waals surface area contributed by atoms with Gasteiger partial charge in [-0.1, -0.05) is 26.2 Å². The zero-order valence-corrected chi connectivity index (χ0v) is 8.91. The van der Waals surface area contributed by atoms with Crippen LogP contribution < -0.4 is 0 Å². The van der Waals surface area contributed by atoms with Gasteiger partial charge in [-0.2, -0.15) is 0 Å². The van der Waals surface area contributed by atoms with E-state index >= 15 is 0 Å². The highest BCUT2D eigenvalue weighted by Crippen LogP contribution is 2.30. The van der Waals surface area contributed by atoms with E-state index in [9.17, 15) is 9.59 Å². The van der Waals surface area contributed by atoms with Crippen molar-refractivity contribution in [3.63, 3.8) is 0 Å². The number of rotatable bonds is 2. The van der Waals surface area contributed by atoms with Crippen molar-refractivity contribution in [1.29, 1.82) is 0 Å². The standard InChI is InChI=1S/C11H18O3/c1-8(11(13)14-9(2)12)10-6-4-3-5-7-10/h8,10H,3-7H2,1-2H3. The zero-order valence-electron chi connectivity index (χ0n) is 8.91. The summed E-state index contributed by atoms with van der Waals surface area (Å²) in [5.41, 5.74) is 0. The van der Waals surface area contributed by atoms with E-state index in [1.165, 1.54) is 26.2 Å². The van der Waals surface area contributed by atoms with E-state index in [-0.39, 0.29) is 11.9 Å². The fourth-order valence-electron chi connectivity index (χ4n) is 2.06. The molecular weight excluding hydrogens is 180 g/mol. The van der Waals surface area contributed by atoms with E-state index in [1.807, 2.05) is 6.92 Å². The maximum Gasteiger partial charge on any atom is 0.316 e. The molecule has 1 unspecified atom stereocenters. The maximum absolute atomic E-state index is 11.4. The summed E-state index contributed by atoms with van der Waals surface area (Å²) in [5, 5.41) is 0. The molecule has 0 heterocycles. The fourth-order valence-corrected chi connectivity index (χ4v) is 2.06. The Morgan fingerprint density at radius 1 is 1.21 bits per heavy atom. The predicted octanol–water partition coefficient (Wildman–Crippen LogP) is 2.29. The zero-order chi connectivity index (χ0) is 10.6. The van der Waals surface area contributed by atoms with Gasteiger partial charge in [0.05, 0.1) is 5.92 Å². The number of carbonyl (C=O) groups is 2. The van der Waals surface area contributed by atoms with E-state index in [0.717, 1.165) is 12.8 Å². The molecule has 1 rings (SSSR count). The Balaban J connectivity index is 2.41. The third-order valence-electron chi connectivity index (χ3n) is 2.97. The summed E-state index contributed by atoms with van der Waals surface area (Å²) in [6, 6.07) is 0. The Bertz CT molecular complexity index is 217. The van der Waals surface area contributed by atoms with Crippen molar-refractivity contribution in [2.24, 2.45) is 11.8 Å². The van der Waals surface area contributed by atoms with Crippen molar-refractivity contribution in [3.8, 4) is 0 Å². The van der Waals surface area contributed by atoms with Gasteiger partial charge in [0.1, 0.15) is 0 Å². The number of hydrogen-bond donors (Lipinski definition) is 0. The van der Waals surface area contributed by atoms with Gasteiger partial charge >= 0.3 is 11.9 Å². The van der Waals surface area contributed by atoms with Crippen LogP contribution in [0.1, 0.15) is 46.0 Å². The van der Waals surface area contributed by atoms with Crippen molar-refractivity contribution in [2.45, 2.75) is 46.0 Å². The van der Waals surface area contributed by atoms with Crippen LogP contribution in [0.25, 0.3) is 0 Å². The van der Waals surface area contributed by atoms with Gasteiger partial charge in [0.25, 0.3) is 0 Å². The number of carbonyl (C=O) groups excluding carboxylic acids is 2. The second kappa shape index (κ2) is 5.13. The molecule has 3 nitrogen and oxygen atoms in total. The van der Waals surface area contributed by atoms with Crippen LogP contribution in [0.2, 0.25) is 0 Å². The van der Waals surface area contributed by atoms with Gasteiger partial charge in [-0.05, 0) is 18.8 Å². The van der Waals surface area contributed by atoms with Crippen molar-refractivity contribution in [3.05, 3.63) is 0 Å². The lowest BCUT2D eigenvalue weighted by atomic mass is 9.81. The molecule has 0 N–H and O–H groups in total. The highest BCUT2D eigenvalue weighted by molar-refractivity contribution is 5.85. The van der Waals surface area contributed by atoms with Gasteiger partial charge in [-0.15, -0.1) is 0 Å². The van der Waals surface area contributed by atoms with Crippen molar-refractivity contribution in [1.82, 2.24) is 0 Å². The minimum absolute atomic E-state index is 0.126. The molecule has 1 fully saturated rings. The molecule has 80 valence electrons. The molecule has 0 aromatic rings. The summed E-state index contributed by atoms with van der Waals surface area (Å²) in [5.74, 6) is -0.572. The molecule has 0 bridgehead atoms. The lowest BCUT2D eigenvalue weighted by molar-refractivity contribution is -0.162. The van der Waals surface area contributed by atoms with Gasteiger partial charge in [0.15, 0.2) is 0 Å². The third kappa shape index (κ3) is 3.13. The minimum atomic E-state index is -0.502. The molecule has 0 amide bonds. The van der Waals surface area contributed by atoms with E-state index in [4.69, 9.17) is 0 Å². The number of ether oxygens (including phenoxy) is 1. The predicted molar refractivity (Wildman–Crippen MR) is 52.5 cm³/mol. The van der Waals surface area contributed by atoms with Crippen LogP contribution in [0.4, 0.5) is 0 Å². The van der Waals surface area contributed by atoms with Gasteiger partial charge < -0.3 is 4.74 Å². The minimum Gasteiger partial charge on any atom is -0.393 e. The summed E-state index contributed by atoms with van der Waals surface area (Å²) in [7, 11) is 0. The van der Waals surface area contributed by atoms with Crippen LogP contribution in [0.15, 0.2) is 0 Å². The highest BCUT2D eigenvalue weighted by Gasteiger charge is 2.27. The molecule has 1 aliphatic rings. The van der Waals surface area contributed by atoms with Crippen LogP contribution in [-0.4, -0.2) is 11.9 Å². The van der Waals surface area contributed by atoms with Gasteiger partial charge in [0, 0.05) is 6.92 Å². The van der Waals surface area contributed by atoms with Crippen LogP contribution in [0.3, 0.4) is 0 Å². The van der Waals surface area contributed by atoms with Crippen LogP contribution in [0, 0.1) is 11.8 Å². The average Bonchev–Trinajstić information content (AvgIpc) is 2.17. The first-order valence-electron chi connectivity index (χ1n) is 5.33. The van der Waals surface area contributed by atoms with E-state index in [0.29, 0.717) is 5.92 Å². The Morgan fingerprint density at radius 2 is 1.79 bits per heavy atom. The Labute approximate surface area is 84.8 Å². The Morgan fingerprint density at radius 3 is 2.29 bits per heavy atom. The summed E-state index contributed by atoms with van der Waals surface area (Å²) in [6.45, 7) is 3.13. The van der Waals surface area contributed by atoms with Crippen LogP contribution >= 0.6 is 0 Å². The molecule has 1 saturated carbocycles. The van der Waals surface area contributed by atoms with Crippen LogP contribution in [-0.2, 0) is 14.3 Å². The van der Waals surface area contributed by atoms with Crippen molar-refractivity contribution in [2.75, 3.05) is 0 Å². The SMILES string of the molecule is CC(=O)OC(=O)C(C)C1CCCCC1. The van der Waals surface area contributed by atoms with Gasteiger partial charge in [-0.25, -0.2) is 0 Å². The molecule has 0 aromatic carbocycles. The van der Waals surface area contributed by atoms with Gasteiger partial charge in [0.2, 0.25) is 0 Å². The number of hydrogen-bond acceptors (Lipinski definition) is 3. The first-order chi connectivity index (χ1) is 6.61. The molecule has 0 radical (unpaired) electrons. The molecule has 3 heteroatoms. The molecule has 0 saturated heterocycles. The normalized spacial score (nSPS) is 20.1. The largest absolute Gasteiger partial charge is 0.393 e. The average molecular weight is 198 g/mol. The third-order valence-corrected chi connectivity index (χ3v) is 2.97. The van der Waals surface area contributed by atoms with Crippen molar-refractivity contribution < 1.29 is 14.3 Å². The smallest absolute Gasteiger partial charge is 0.316 e. The van der Waals surface area contributed by atoms with E-state index < -0.39 is 5.97 Å². The maximum atomic E-state index is 11.4. The molecule has 1 aliphatic carbocycles. The molecule has 14 heavy (non-hydrogen) atoms.